The molecule has 1 saturated heterocycles. The summed E-state index contributed by atoms with van der Waals surface area (Å²) in [5.74, 6) is -0.114. The highest BCUT2D eigenvalue weighted by Crippen LogP contribution is 2.13. The fourth-order valence-corrected chi connectivity index (χ4v) is 2.40. The van der Waals surface area contributed by atoms with Gasteiger partial charge < -0.3 is 15.1 Å². The molecule has 0 spiro atoms. The molecule has 1 N–H and O–H groups in total. The molecule has 7 nitrogen and oxygen atoms in total. The molecule has 0 radical (unpaired) electrons. The van der Waals surface area contributed by atoms with Gasteiger partial charge in [-0.05, 0) is 36.4 Å². The van der Waals surface area contributed by atoms with Crippen molar-refractivity contribution in [1.82, 2.24) is 15.1 Å². The SMILES string of the molecule is O=CN1CCN(c2ccc(C(=O)Nc3ccc(F)cc3)nn2)CC1. The number of carbonyl (C=O) groups is 2. The molecule has 8 heteroatoms. The van der Waals surface area contributed by atoms with E-state index in [1.165, 1.54) is 24.3 Å². The highest BCUT2D eigenvalue weighted by atomic mass is 19.1. The van der Waals surface area contributed by atoms with Gasteiger partial charge in [-0.1, -0.05) is 0 Å². The van der Waals surface area contributed by atoms with Gasteiger partial charge in [0.05, 0.1) is 0 Å². The first-order valence-electron chi connectivity index (χ1n) is 7.50. The molecule has 0 unspecified atom stereocenters. The Morgan fingerprint density at radius 1 is 1.04 bits per heavy atom. The Balaban J connectivity index is 1.62. The average Bonchev–Trinajstić information content (AvgIpc) is 2.64. The lowest BCUT2D eigenvalue weighted by Gasteiger charge is -2.32. The van der Waals surface area contributed by atoms with E-state index in [-0.39, 0.29) is 11.5 Å². The standard InChI is InChI=1S/C16H16FN5O2/c17-12-1-3-13(4-2-12)18-16(24)14-5-6-15(20-19-14)22-9-7-21(11-23)8-10-22/h1-6,11H,7-10H2,(H,18,24). The summed E-state index contributed by atoms with van der Waals surface area (Å²) in [6.45, 7) is 2.62. The number of nitrogens with one attached hydrogen (secondary N) is 1. The van der Waals surface area contributed by atoms with Gasteiger partial charge in [-0.15, -0.1) is 10.2 Å². The van der Waals surface area contributed by atoms with Gasteiger partial charge >= 0.3 is 0 Å². The van der Waals surface area contributed by atoms with Crippen molar-refractivity contribution in [2.24, 2.45) is 0 Å². The molecule has 0 bridgehead atoms. The van der Waals surface area contributed by atoms with Crippen molar-refractivity contribution in [2.45, 2.75) is 0 Å². The average molecular weight is 329 g/mol. The number of anilines is 2. The molecule has 1 aromatic heterocycles. The van der Waals surface area contributed by atoms with E-state index >= 15 is 0 Å². The van der Waals surface area contributed by atoms with Crippen LogP contribution in [0.3, 0.4) is 0 Å². The number of piperazine rings is 1. The Bertz CT molecular complexity index is 712. The minimum Gasteiger partial charge on any atom is -0.352 e. The van der Waals surface area contributed by atoms with Gasteiger partial charge in [-0.2, -0.15) is 0 Å². The van der Waals surface area contributed by atoms with E-state index in [1.807, 2.05) is 4.90 Å². The van der Waals surface area contributed by atoms with Crippen LogP contribution in [0.2, 0.25) is 0 Å². The molecule has 1 fully saturated rings. The fraction of sp³-hybridized carbons (Fsp3) is 0.250. The number of nitrogens with zero attached hydrogens (tertiary/aromatic N) is 4. The van der Waals surface area contributed by atoms with Crippen molar-refractivity contribution in [3.05, 3.63) is 47.9 Å². The quantitative estimate of drug-likeness (QED) is 0.851. The van der Waals surface area contributed by atoms with Crippen LogP contribution < -0.4 is 10.2 Å². The van der Waals surface area contributed by atoms with Crippen molar-refractivity contribution < 1.29 is 14.0 Å². The molecule has 2 aromatic rings. The molecule has 0 atom stereocenters. The zero-order chi connectivity index (χ0) is 16.9. The highest BCUT2D eigenvalue weighted by molar-refractivity contribution is 6.02. The van der Waals surface area contributed by atoms with Crippen molar-refractivity contribution in [3.63, 3.8) is 0 Å². The smallest absolute Gasteiger partial charge is 0.276 e. The largest absolute Gasteiger partial charge is 0.352 e. The Morgan fingerprint density at radius 3 is 2.33 bits per heavy atom. The van der Waals surface area contributed by atoms with Crippen LogP contribution in [-0.4, -0.2) is 53.6 Å². The summed E-state index contributed by atoms with van der Waals surface area (Å²) in [7, 11) is 0. The first-order valence-corrected chi connectivity index (χ1v) is 7.50. The molecule has 2 amide bonds. The van der Waals surface area contributed by atoms with E-state index in [0.717, 1.165) is 6.41 Å². The minimum atomic E-state index is -0.411. The third-order valence-corrected chi connectivity index (χ3v) is 3.77. The summed E-state index contributed by atoms with van der Waals surface area (Å²) in [6.07, 6.45) is 0.839. The summed E-state index contributed by atoms with van der Waals surface area (Å²) in [6, 6.07) is 8.80. The molecule has 2 heterocycles. The van der Waals surface area contributed by atoms with Gasteiger partial charge in [0, 0.05) is 31.9 Å². The Labute approximate surface area is 138 Å². The van der Waals surface area contributed by atoms with Crippen LogP contribution in [0, 0.1) is 5.82 Å². The maximum Gasteiger partial charge on any atom is 0.276 e. The Morgan fingerprint density at radius 2 is 1.75 bits per heavy atom. The summed E-state index contributed by atoms with van der Waals surface area (Å²) < 4.78 is 12.9. The molecule has 1 aromatic carbocycles. The normalized spacial score (nSPS) is 14.4. The molecule has 0 saturated carbocycles. The number of hydrogen-bond acceptors (Lipinski definition) is 5. The summed E-state index contributed by atoms with van der Waals surface area (Å²) in [4.78, 5) is 26.5. The molecule has 124 valence electrons. The van der Waals surface area contributed by atoms with Gasteiger partial charge in [0.15, 0.2) is 11.5 Å². The fourth-order valence-electron chi connectivity index (χ4n) is 2.40. The first kappa shape index (κ1) is 15.9. The molecular formula is C16H16FN5O2. The van der Waals surface area contributed by atoms with Gasteiger partial charge in [0.1, 0.15) is 5.82 Å². The van der Waals surface area contributed by atoms with Gasteiger partial charge in [-0.3, -0.25) is 9.59 Å². The molecular weight excluding hydrogens is 313 g/mol. The van der Waals surface area contributed by atoms with Crippen molar-refractivity contribution in [1.29, 1.82) is 0 Å². The van der Waals surface area contributed by atoms with Crippen LogP contribution in [0.25, 0.3) is 0 Å². The number of carbonyl (C=O) groups excluding carboxylic acids is 2. The van der Waals surface area contributed by atoms with E-state index < -0.39 is 5.91 Å². The second kappa shape index (κ2) is 7.03. The minimum absolute atomic E-state index is 0.176. The third-order valence-electron chi connectivity index (χ3n) is 3.77. The van der Waals surface area contributed by atoms with Gasteiger partial charge in [-0.25, -0.2) is 4.39 Å². The second-order valence-electron chi connectivity index (χ2n) is 5.37. The Hall–Kier alpha value is -3.03. The first-order chi connectivity index (χ1) is 11.7. The van der Waals surface area contributed by atoms with Gasteiger partial charge in [0.2, 0.25) is 6.41 Å². The summed E-state index contributed by atoms with van der Waals surface area (Å²) in [5, 5.41) is 10.7. The highest BCUT2D eigenvalue weighted by Gasteiger charge is 2.17. The predicted octanol–water partition coefficient (Wildman–Crippen LogP) is 1.15. The molecule has 1 aliphatic heterocycles. The van der Waals surface area contributed by atoms with Crippen molar-refractivity contribution in [3.8, 4) is 0 Å². The predicted molar refractivity (Wildman–Crippen MR) is 86.2 cm³/mol. The van der Waals surface area contributed by atoms with Crippen LogP contribution in [0.4, 0.5) is 15.9 Å². The van der Waals surface area contributed by atoms with Crippen molar-refractivity contribution in [2.75, 3.05) is 36.4 Å². The molecule has 1 aliphatic rings. The van der Waals surface area contributed by atoms with Crippen LogP contribution >= 0.6 is 0 Å². The van der Waals surface area contributed by atoms with Crippen LogP contribution in [0.1, 0.15) is 10.5 Å². The maximum absolute atomic E-state index is 12.9. The van der Waals surface area contributed by atoms with Crippen molar-refractivity contribution >= 4 is 23.8 Å². The number of hydrogen-bond donors (Lipinski definition) is 1. The van der Waals surface area contributed by atoms with E-state index in [1.54, 1.807) is 17.0 Å². The molecule has 3 rings (SSSR count). The van der Waals surface area contributed by atoms with Crippen LogP contribution in [-0.2, 0) is 4.79 Å². The summed E-state index contributed by atoms with van der Waals surface area (Å²) in [5.41, 5.74) is 0.659. The third kappa shape index (κ3) is 3.65. The Kier molecular flexibility index (Phi) is 4.64. The number of benzene rings is 1. The topological polar surface area (TPSA) is 78.4 Å². The monoisotopic (exact) mass is 329 g/mol. The zero-order valence-corrected chi connectivity index (χ0v) is 12.9. The zero-order valence-electron chi connectivity index (χ0n) is 12.9. The number of rotatable bonds is 4. The molecule has 0 aliphatic carbocycles. The number of amides is 2. The van der Waals surface area contributed by atoms with Crippen LogP contribution in [0.5, 0.6) is 0 Å². The number of aromatic nitrogens is 2. The molecule has 24 heavy (non-hydrogen) atoms. The van der Waals surface area contributed by atoms with E-state index in [4.69, 9.17) is 0 Å². The van der Waals surface area contributed by atoms with E-state index in [9.17, 15) is 14.0 Å². The van der Waals surface area contributed by atoms with E-state index in [0.29, 0.717) is 37.7 Å². The number of halogens is 1. The second-order valence-corrected chi connectivity index (χ2v) is 5.37. The summed E-state index contributed by atoms with van der Waals surface area (Å²) >= 11 is 0. The van der Waals surface area contributed by atoms with Gasteiger partial charge in [0.25, 0.3) is 5.91 Å². The lowest BCUT2D eigenvalue weighted by atomic mass is 10.3. The van der Waals surface area contributed by atoms with Crippen LogP contribution in [0.15, 0.2) is 36.4 Å². The lowest BCUT2D eigenvalue weighted by Crippen LogP contribution is -2.46. The lowest BCUT2D eigenvalue weighted by molar-refractivity contribution is -0.118. The van der Waals surface area contributed by atoms with E-state index in [2.05, 4.69) is 15.5 Å². The maximum atomic E-state index is 12.9.